The molecule has 0 fully saturated rings. The molecule has 0 aliphatic rings. The van der Waals surface area contributed by atoms with Gasteiger partial charge in [0.2, 0.25) is 0 Å². The number of pyridine rings is 1. The number of aryl methyl sites for hydroxylation is 2. The number of benzene rings is 2. The summed E-state index contributed by atoms with van der Waals surface area (Å²) in [6.45, 7) is 3.97. The first-order valence-corrected chi connectivity index (χ1v) is 8.96. The monoisotopic (exact) mass is 342 g/mol. The molecule has 0 saturated heterocycles. The lowest BCUT2D eigenvalue weighted by atomic mass is 10.1. The highest BCUT2D eigenvalue weighted by Gasteiger charge is 2.07. The highest BCUT2D eigenvalue weighted by Crippen LogP contribution is 2.28. The van der Waals surface area contributed by atoms with Crippen molar-refractivity contribution < 1.29 is 0 Å². The lowest BCUT2D eigenvalue weighted by molar-refractivity contribution is 0.661. The zero-order valence-corrected chi connectivity index (χ0v) is 14.9. The summed E-state index contributed by atoms with van der Waals surface area (Å²) in [6.07, 6.45) is 6.71. The molecule has 0 atom stereocenters. The van der Waals surface area contributed by atoms with Gasteiger partial charge in [-0.15, -0.1) is 0 Å². The van der Waals surface area contributed by atoms with E-state index in [1.807, 2.05) is 24.8 Å². The number of hydrogen-bond acceptors (Lipinski definition) is 3. The van der Waals surface area contributed by atoms with Gasteiger partial charge in [0.15, 0.2) is 0 Å². The SMILES string of the molecule is Cc1cccc(-c2cc(NCCCn3ccnc3)c3ccccc3n2)c1. The number of para-hydroxylation sites is 1. The van der Waals surface area contributed by atoms with E-state index in [0.717, 1.165) is 47.4 Å². The zero-order valence-electron chi connectivity index (χ0n) is 14.9. The van der Waals surface area contributed by atoms with Crippen molar-refractivity contribution in [3.8, 4) is 11.3 Å². The van der Waals surface area contributed by atoms with Gasteiger partial charge in [-0.05, 0) is 31.5 Å². The number of nitrogens with zero attached hydrogens (tertiary/aromatic N) is 3. The van der Waals surface area contributed by atoms with Crippen LogP contribution in [0.4, 0.5) is 5.69 Å². The normalized spacial score (nSPS) is 11.0. The summed E-state index contributed by atoms with van der Waals surface area (Å²) in [5.74, 6) is 0. The number of fused-ring (bicyclic) bond motifs is 1. The van der Waals surface area contributed by atoms with Crippen molar-refractivity contribution in [2.75, 3.05) is 11.9 Å². The van der Waals surface area contributed by atoms with E-state index in [1.165, 1.54) is 5.56 Å². The van der Waals surface area contributed by atoms with Crippen molar-refractivity contribution >= 4 is 16.6 Å². The van der Waals surface area contributed by atoms with E-state index in [4.69, 9.17) is 4.98 Å². The van der Waals surface area contributed by atoms with E-state index < -0.39 is 0 Å². The minimum Gasteiger partial charge on any atom is -0.384 e. The van der Waals surface area contributed by atoms with E-state index >= 15 is 0 Å². The third kappa shape index (κ3) is 3.59. The summed E-state index contributed by atoms with van der Waals surface area (Å²) >= 11 is 0. The molecule has 130 valence electrons. The quantitative estimate of drug-likeness (QED) is 0.506. The zero-order chi connectivity index (χ0) is 17.8. The van der Waals surface area contributed by atoms with Crippen LogP contribution >= 0.6 is 0 Å². The van der Waals surface area contributed by atoms with E-state index in [-0.39, 0.29) is 0 Å². The Morgan fingerprint density at radius 1 is 1.04 bits per heavy atom. The predicted molar refractivity (Wildman–Crippen MR) is 107 cm³/mol. The lowest BCUT2D eigenvalue weighted by Crippen LogP contribution is -2.06. The second-order valence-electron chi connectivity index (χ2n) is 6.52. The Morgan fingerprint density at radius 2 is 1.96 bits per heavy atom. The smallest absolute Gasteiger partial charge is 0.0945 e. The molecule has 0 bridgehead atoms. The minimum atomic E-state index is 0.902. The molecular formula is C22H22N4. The van der Waals surface area contributed by atoms with Gasteiger partial charge >= 0.3 is 0 Å². The van der Waals surface area contributed by atoms with E-state index in [1.54, 1.807) is 0 Å². The van der Waals surface area contributed by atoms with Gasteiger partial charge in [0.25, 0.3) is 0 Å². The second kappa shape index (κ2) is 7.40. The van der Waals surface area contributed by atoms with Crippen LogP contribution in [0.15, 0.2) is 73.3 Å². The Morgan fingerprint density at radius 3 is 2.81 bits per heavy atom. The Kier molecular flexibility index (Phi) is 4.65. The van der Waals surface area contributed by atoms with Gasteiger partial charge in [0, 0.05) is 42.1 Å². The molecule has 0 radical (unpaired) electrons. The third-order valence-corrected chi connectivity index (χ3v) is 4.50. The molecular weight excluding hydrogens is 320 g/mol. The predicted octanol–water partition coefficient (Wildman–Crippen LogP) is 4.91. The number of anilines is 1. The molecule has 0 spiro atoms. The van der Waals surface area contributed by atoms with Gasteiger partial charge in [-0.25, -0.2) is 9.97 Å². The van der Waals surface area contributed by atoms with Crippen LogP contribution in [-0.2, 0) is 6.54 Å². The van der Waals surface area contributed by atoms with Crippen molar-refractivity contribution in [2.45, 2.75) is 19.9 Å². The van der Waals surface area contributed by atoms with Crippen molar-refractivity contribution in [3.05, 3.63) is 78.9 Å². The highest BCUT2D eigenvalue weighted by atomic mass is 15.0. The molecule has 0 aliphatic carbocycles. The number of aromatic nitrogens is 3. The van der Waals surface area contributed by atoms with E-state index in [0.29, 0.717) is 0 Å². The fourth-order valence-corrected chi connectivity index (χ4v) is 3.18. The molecule has 2 aromatic heterocycles. The Balaban J connectivity index is 1.59. The average molecular weight is 342 g/mol. The molecule has 26 heavy (non-hydrogen) atoms. The Hall–Kier alpha value is -3.14. The second-order valence-corrected chi connectivity index (χ2v) is 6.52. The first-order valence-electron chi connectivity index (χ1n) is 8.96. The van der Waals surface area contributed by atoms with Crippen molar-refractivity contribution in [1.82, 2.24) is 14.5 Å². The molecule has 0 aliphatic heterocycles. The maximum Gasteiger partial charge on any atom is 0.0945 e. The van der Waals surface area contributed by atoms with Gasteiger partial charge < -0.3 is 9.88 Å². The molecule has 2 heterocycles. The van der Waals surface area contributed by atoms with Gasteiger partial charge in [0.1, 0.15) is 0 Å². The van der Waals surface area contributed by atoms with E-state index in [2.05, 4.69) is 70.3 Å². The summed E-state index contributed by atoms with van der Waals surface area (Å²) < 4.78 is 2.10. The van der Waals surface area contributed by atoms with Crippen LogP contribution in [0.1, 0.15) is 12.0 Å². The summed E-state index contributed by atoms with van der Waals surface area (Å²) in [7, 11) is 0. The van der Waals surface area contributed by atoms with Crippen molar-refractivity contribution in [2.24, 2.45) is 0 Å². The highest BCUT2D eigenvalue weighted by molar-refractivity contribution is 5.93. The largest absolute Gasteiger partial charge is 0.384 e. The molecule has 0 saturated carbocycles. The molecule has 4 rings (SSSR count). The fraction of sp³-hybridized carbons (Fsp3) is 0.182. The van der Waals surface area contributed by atoms with E-state index in [9.17, 15) is 0 Å². The average Bonchev–Trinajstić information content (AvgIpc) is 3.18. The van der Waals surface area contributed by atoms with Crippen LogP contribution in [-0.4, -0.2) is 21.1 Å². The Labute approximate surface area is 153 Å². The number of nitrogens with one attached hydrogen (secondary N) is 1. The standard InChI is InChI=1S/C22H22N4/c1-17-6-4-7-18(14-17)21-15-22(19-8-2-3-9-20(19)25-21)24-10-5-12-26-13-11-23-16-26/h2-4,6-9,11,13-16H,5,10,12H2,1H3,(H,24,25). The van der Waals surface area contributed by atoms with Gasteiger partial charge in [-0.2, -0.15) is 0 Å². The first kappa shape index (κ1) is 16.3. The molecule has 0 amide bonds. The van der Waals surface area contributed by atoms with Crippen LogP contribution in [0, 0.1) is 6.92 Å². The Bertz CT molecular complexity index is 1010. The molecule has 1 N–H and O–H groups in total. The number of hydrogen-bond donors (Lipinski definition) is 1. The van der Waals surface area contributed by atoms with Crippen LogP contribution in [0.3, 0.4) is 0 Å². The maximum atomic E-state index is 4.86. The molecule has 4 heteroatoms. The van der Waals surface area contributed by atoms with Crippen LogP contribution in [0.25, 0.3) is 22.2 Å². The molecule has 2 aromatic carbocycles. The van der Waals surface area contributed by atoms with Crippen LogP contribution in [0.2, 0.25) is 0 Å². The topological polar surface area (TPSA) is 42.7 Å². The van der Waals surface area contributed by atoms with Gasteiger partial charge in [-0.1, -0.05) is 42.0 Å². The van der Waals surface area contributed by atoms with Crippen molar-refractivity contribution in [3.63, 3.8) is 0 Å². The lowest BCUT2D eigenvalue weighted by Gasteiger charge is -2.12. The molecule has 4 aromatic rings. The maximum absolute atomic E-state index is 4.86. The first-order chi connectivity index (χ1) is 12.8. The molecule has 4 nitrogen and oxygen atoms in total. The molecule has 0 unspecified atom stereocenters. The minimum absolute atomic E-state index is 0.902. The van der Waals surface area contributed by atoms with Gasteiger partial charge in [0.05, 0.1) is 17.5 Å². The third-order valence-electron chi connectivity index (χ3n) is 4.50. The number of rotatable bonds is 6. The van der Waals surface area contributed by atoms with Gasteiger partial charge in [-0.3, -0.25) is 0 Å². The van der Waals surface area contributed by atoms with Crippen LogP contribution in [0.5, 0.6) is 0 Å². The van der Waals surface area contributed by atoms with Crippen LogP contribution < -0.4 is 5.32 Å². The fourth-order valence-electron chi connectivity index (χ4n) is 3.18. The summed E-state index contributed by atoms with van der Waals surface area (Å²) in [6, 6.07) is 19.0. The summed E-state index contributed by atoms with van der Waals surface area (Å²) in [5, 5.41) is 4.76. The summed E-state index contributed by atoms with van der Waals surface area (Å²) in [5.41, 5.74) is 5.55. The number of imidazole rings is 1. The summed E-state index contributed by atoms with van der Waals surface area (Å²) in [4.78, 5) is 8.95. The van der Waals surface area contributed by atoms with Crippen molar-refractivity contribution in [1.29, 1.82) is 0 Å².